The third kappa shape index (κ3) is 3.13. The van der Waals surface area contributed by atoms with Gasteiger partial charge >= 0.3 is 5.69 Å². The van der Waals surface area contributed by atoms with Crippen molar-refractivity contribution in [2.75, 3.05) is 31.1 Å². The van der Waals surface area contributed by atoms with Gasteiger partial charge in [-0.3, -0.25) is 14.2 Å². The van der Waals surface area contributed by atoms with Crippen LogP contribution in [0.4, 0.5) is 5.69 Å². The molecule has 27 heavy (non-hydrogen) atoms. The maximum atomic E-state index is 12.9. The summed E-state index contributed by atoms with van der Waals surface area (Å²) in [5, 5.41) is 0.674. The van der Waals surface area contributed by atoms with E-state index in [4.69, 9.17) is 11.6 Å². The Balaban J connectivity index is 1.56. The van der Waals surface area contributed by atoms with Crippen molar-refractivity contribution in [3.05, 3.63) is 55.0 Å². The highest BCUT2D eigenvalue weighted by atomic mass is 35.5. The second-order valence-corrected chi connectivity index (χ2v) is 7.50. The van der Waals surface area contributed by atoms with Crippen LogP contribution in [0.2, 0.25) is 5.02 Å². The molecule has 1 amide bonds. The Hall–Kier alpha value is -2.65. The number of nitrogens with zero attached hydrogens (tertiary/aromatic N) is 4. The van der Waals surface area contributed by atoms with Crippen LogP contribution < -0.4 is 16.1 Å². The second kappa shape index (κ2) is 6.82. The van der Waals surface area contributed by atoms with E-state index in [-0.39, 0.29) is 21.8 Å². The van der Waals surface area contributed by atoms with Crippen LogP contribution in [0.3, 0.4) is 0 Å². The minimum Gasteiger partial charge on any atom is -0.368 e. The lowest BCUT2D eigenvalue weighted by atomic mass is 10.2. The number of anilines is 1. The number of piperazine rings is 1. The van der Waals surface area contributed by atoms with E-state index in [2.05, 4.69) is 14.3 Å². The number of amides is 1. The van der Waals surface area contributed by atoms with Crippen molar-refractivity contribution in [1.29, 1.82) is 0 Å². The van der Waals surface area contributed by atoms with E-state index in [1.165, 1.54) is 7.05 Å². The normalized spacial score (nSPS) is 14.7. The van der Waals surface area contributed by atoms with Crippen LogP contribution in [0, 0.1) is 0 Å². The highest BCUT2D eigenvalue weighted by Crippen LogP contribution is 2.23. The van der Waals surface area contributed by atoms with Crippen molar-refractivity contribution < 1.29 is 4.79 Å². The highest BCUT2D eigenvalue weighted by molar-refractivity contribution is 7.09. The molecule has 140 valence electrons. The number of aromatic nitrogens is 3. The van der Waals surface area contributed by atoms with Crippen LogP contribution in [-0.4, -0.2) is 50.9 Å². The molecule has 0 bridgehead atoms. The molecule has 1 aliphatic heterocycles. The van der Waals surface area contributed by atoms with Crippen LogP contribution in [-0.2, 0) is 7.05 Å². The van der Waals surface area contributed by atoms with Crippen LogP contribution in [0.15, 0.2) is 33.9 Å². The largest absolute Gasteiger partial charge is 0.368 e. The van der Waals surface area contributed by atoms with Crippen LogP contribution >= 0.6 is 23.1 Å². The molecular formula is C17H16ClN5O3S. The maximum absolute atomic E-state index is 12.9. The Morgan fingerprint density at radius 3 is 2.67 bits per heavy atom. The van der Waals surface area contributed by atoms with E-state index >= 15 is 0 Å². The molecule has 3 heterocycles. The number of benzene rings is 1. The predicted octanol–water partition coefficient (Wildman–Crippen LogP) is 1.30. The number of hydrogen-bond acceptors (Lipinski definition) is 6. The molecule has 0 radical (unpaired) electrons. The molecule has 8 nitrogen and oxygen atoms in total. The summed E-state index contributed by atoms with van der Waals surface area (Å²) in [6, 6.07) is 7.61. The van der Waals surface area contributed by atoms with Gasteiger partial charge in [0.2, 0.25) is 0 Å². The van der Waals surface area contributed by atoms with Crippen LogP contribution in [0.1, 0.15) is 9.67 Å². The zero-order valence-electron chi connectivity index (χ0n) is 14.4. The summed E-state index contributed by atoms with van der Waals surface area (Å²) in [7, 11) is 1.37. The van der Waals surface area contributed by atoms with E-state index in [9.17, 15) is 14.4 Å². The summed E-state index contributed by atoms with van der Waals surface area (Å²) < 4.78 is 5.02. The summed E-state index contributed by atoms with van der Waals surface area (Å²) in [6.45, 7) is 2.39. The molecule has 1 saturated heterocycles. The summed E-state index contributed by atoms with van der Waals surface area (Å²) in [4.78, 5) is 43.7. The molecule has 10 heteroatoms. The minimum absolute atomic E-state index is 0.114. The zero-order chi connectivity index (χ0) is 19.1. The number of carbonyl (C=O) groups excluding carboxylic acids is 1. The lowest BCUT2D eigenvalue weighted by molar-refractivity contribution is 0.0753. The molecule has 3 aromatic rings. The maximum Gasteiger partial charge on any atom is 0.328 e. The fourth-order valence-corrected chi connectivity index (χ4v) is 4.11. The quantitative estimate of drug-likeness (QED) is 0.693. The Morgan fingerprint density at radius 1 is 1.22 bits per heavy atom. The number of aromatic amines is 1. The van der Waals surface area contributed by atoms with Crippen molar-refractivity contribution in [1.82, 2.24) is 18.8 Å². The van der Waals surface area contributed by atoms with E-state index < -0.39 is 11.2 Å². The molecule has 0 atom stereocenters. The fourth-order valence-electron chi connectivity index (χ4n) is 3.12. The first-order valence-electron chi connectivity index (χ1n) is 8.34. The number of carbonyl (C=O) groups is 1. The first-order chi connectivity index (χ1) is 13.0. The van der Waals surface area contributed by atoms with Gasteiger partial charge in [-0.15, -0.1) is 0 Å². The summed E-state index contributed by atoms with van der Waals surface area (Å²) in [6.07, 6.45) is 0. The molecular weight excluding hydrogens is 390 g/mol. The first kappa shape index (κ1) is 17.7. The van der Waals surface area contributed by atoms with Gasteiger partial charge in [-0.2, -0.15) is 4.37 Å². The van der Waals surface area contributed by atoms with Crippen LogP contribution in [0.5, 0.6) is 0 Å². The lowest BCUT2D eigenvalue weighted by Gasteiger charge is -2.36. The summed E-state index contributed by atoms with van der Waals surface area (Å²) in [5.41, 5.74) is 0.284. The van der Waals surface area contributed by atoms with Gasteiger partial charge in [-0.1, -0.05) is 17.7 Å². The molecule has 1 aliphatic rings. The van der Waals surface area contributed by atoms with Gasteiger partial charge in [-0.05, 0) is 29.7 Å². The first-order valence-corrected chi connectivity index (χ1v) is 9.49. The number of halogens is 1. The Labute approximate surface area is 162 Å². The molecule has 4 rings (SSSR count). The average Bonchev–Trinajstić information content (AvgIpc) is 3.09. The molecule has 1 fully saturated rings. The van der Waals surface area contributed by atoms with Crippen molar-refractivity contribution in [2.45, 2.75) is 0 Å². The van der Waals surface area contributed by atoms with Gasteiger partial charge in [-0.25, -0.2) is 4.79 Å². The average molecular weight is 406 g/mol. The monoisotopic (exact) mass is 405 g/mol. The molecule has 0 unspecified atom stereocenters. The fraction of sp³-hybridized carbons (Fsp3) is 0.294. The molecule has 2 aromatic heterocycles. The summed E-state index contributed by atoms with van der Waals surface area (Å²) in [5.74, 6) is -0.225. The van der Waals surface area contributed by atoms with Gasteiger partial charge in [0.15, 0.2) is 5.52 Å². The Kier molecular flexibility index (Phi) is 4.48. The number of nitrogens with one attached hydrogen (secondary N) is 1. The Bertz CT molecular complexity index is 1140. The highest BCUT2D eigenvalue weighted by Gasteiger charge is 2.26. The third-order valence-electron chi connectivity index (χ3n) is 4.67. The number of rotatable bonds is 2. The van der Waals surface area contributed by atoms with Gasteiger partial charge < -0.3 is 14.8 Å². The van der Waals surface area contributed by atoms with Crippen molar-refractivity contribution >= 4 is 45.8 Å². The standard InChI is InChI=1S/C17H16ClN5O3S/c1-21-15(24)13-12(19-17(21)26)14(27-20-13)16(25)23-7-5-22(6-8-23)11-4-2-3-10(18)9-11/h2-4,9H,5-8H2,1H3,(H,19,26). The third-order valence-corrected chi connectivity index (χ3v) is 5.74. The summed E-state index contributed by atoms with van der Waals surface area (Å²) >= 11 is 6.99. The molecule has 0 aliphatic carbocycles. The van der Waals surface area contributed by atoms with Gasteiger partial charge in [0.1, 0.15) is 4.88 Å². The van der Waals surface area contributed by atoms with Crippen molar-refractivity contribution in [3.63, 3.8) is 0 Å². The lowest BCUT2D eigenvalue weighted by Crippen LogP contribution is -2.48. The smallest absolute Gasteiger partial charge is 0.328 e. The van der Waals surface area contributed by atoms with E-state index in [1.807, 2.05) is 24.3 Å². The van der Waals surface area contributed by atoms with Crippen LogP contribution in [0.25, 0.3) is 11.0 Å². The number of H-pyrrole nitrogens is 1. The zero-order valence-corrected chi connectivity index (χ0v) is 16.0. The topological polar surface area (TPSA) is 91.3 Å². The minimum atomic E-state index is -0.562. The van der Waals surface area contributed by atoms with Gasteiger partial charge in [0, 0.05) is 43.9 Å². The Morgan fingerprint density at radius 2 is 1.96 bits per heavy atom. The number of hydrogen-bond donors (Lipinski definition) is 1. The predicted molar refractivity (Wildman–Crippen MR) is 105 cm³/mol. The van der Waals surface area contributed by atoms with E-state index in [1.54, 1.807) is 4.90 Å². The van der Waals surface area contributed by atoms with E-state index in [0.717, 1.165) is 21.8 Å². The van der Waals surface area contributed by atoms with Crippen molar-refractivity contribution in [2.24, 2.45) is 7.05 Å². The van der Waals surface area contributed by atoms with Gasteiger partial charge in [0.05, 0.1) is 5.52 Å². The van der Waals surface area contributed by atoms with Crippen molar-refractivity contribution in [3.8, 4) is 0 Å². The molecule has 0 spiro atoms. The van der Waals surface area contributed by atoms with Gasteiger partial charge in [0.25, 0.3) is 11.5 Å². The molecule has 1 N–H and O–H groups in total. The second-order valence-electron chi connectivity index (χ2n) is 6.29. The SMILES string of the molecule is Cn1c(=O)[nH]c2c(C(=O)N3CCN(c4cccc(Cl)c4)CC3)snc2c1=O. The molecule has 1 aromatic carbocycles. The van der Waals surface area contributed by atoms with E-state index in [0.29, 0.717) is 31.2 Å². The number of fused-ring (bicyclic) bond motifs is 1. The molecule has 0 saturated carbocycles.